The zero-order chi connectivity index (χ0) is 12.6. The van der Waals surface area contributed by atoms with Crippen LogP contribution in [0.25, 0.3) is 0 Å². The highest BCUT2D eigenvalue weighted by molar-refractivity contribution is 5.91. The van der Waals surface area contributed by atoms with Gasteiger partial charge in [0.05, 0.1) is 19.3 Å². The molecule has 0 bridgehead atoms. The van der Waals surface area contributed by atoms with E-state index in [-0.39, 0.29) is 12.2 Å². The van der Waals surface area contributed by atoms with Gasteiger partial charge in [-0.1, -0.05) is 0 Å². The Balaban J connectivity index is 3.67. The van der Waals surface area contributed by atoms with E-state index in [9.17, 15) is 9.59 Å². The molecule has 0 aromatic heterocycles. The van der Waals surface area contributed by atoms with Crippen molar-refractivity contribution in [1.29, 1.82) is 0 Å². The lowest BCUT2D eigenvalue weighted by atomic mass is 10.2. The van der Waals surface area contributed by atoms with Crippen LogP contribution in [-0.4, -0.2) is 37.9 Å². The zero-order valence-electron chi connectivity index (χ0n) is 10.1. The number of ether oxygens (including phenoxy) is 3. The van der Waals surface area contributed by atoms with Gasteiger partial charge in [-0.15, -0.1) is 0 Å². The number of hydrogen-bond donors (Lipinski definition) is 0. The molecule has 0 spiro atoms. The SMILES string of the molecule is COC(=O)/C=C/C(=O)OCCOC(C)(C)C. The van der Waals surface area contributed by atoms with Gasteiger partial charge in [-0.25, -0.2) is 9.59 Å². The molecular weight excluding hydrogens is 212 g/mol. The number of rotatable bonds is 5. The summed E-state index contributed by atoms with van der Waals surface area (Å²) in [6.45, 7) is 6.20. The molecule has 0 saturated heterocycles. The Bertz CT molecular complexity index is 262. The first-order valence-electron chi connectivity index (χ1n) is 4.92. The van der Waals surface area contributed by atoms with E-state index in [4.69, 9.17) is 9.47 Å². The summed E-state index contributed by atoms with van der Waals surface area (Å²) in [5, 5.41) is 0. The van der Waals surface area contributed by atoms with Crippen molar-refractivity contribution in [2.45, 2.75) is 26.4 Å². The minimum Gasteiger partial charge on any atom is -0.466 e. The lowest BCUT2D eigenvalue weighted by Crippen LogP contribution is -2.22. The predicted molar refractivity (Wildman–Crippen MR) is 57.8 cm³/mol. The third kappa shape index (κ3) is 9.21. The fraction of sp³-hybridized carbons (Fsp3) is 0.636. The van der Waals surface area contributed by atoms with Crippen molar-refractivity contribution in [3.05, 3.63) is 12.2 Å². The van der Waals surface area contributed by atoms with Crippen LogP contribution in [0.3, 0.4) is 0 Å². The molecular formula is C11H18O5. The molecule has 0 heterocycles. The van der Waals surface area contributed by atoms with E-state index < -0.39 is 11.9 Å². The molecule has 0 fully saturated rings. The Morgan fingerprint density at radius 2 is 1.62 bits per heavy atom. The van der Waals surface area contributed by atoms with Gasteiger partial charge < -0.3 is 14.2 Å². The van der Waals surface area contributed by atoms with Crippen molar-refractivity contribution >= 4 is 11.9 Å². The quantitative estimate of drug-likeness (QED) is 0.401. The number of esters is 2. The first-order chi connectivity index (χ1) is 7.35. The number of carbonyl (C=O) groups excluding carboxylic acids is 2. The van der Waals surface area contributed by atoms with Gasteiger partial charge in [0.1, 0.15) is 6.61 Å². The molecule has 0 N–H and O–H groups in total. The van der Waals surface area contributed by atoms with Gasteiger partial charge in [0.15, 0.2) is 0 Å². The van der Waals surface area contributed by atoms with Gasteiger partial charge in [-0.3, -0.25) is 0 Å². The molecule has 0 saturated carbocycles. The Morgan fingerprint density at radius 1 is 1.06 bits per heavy atom. The largest absolute Gasteiger partial charge is 0.466 e. The lowest BCUT2D eigenvalue weighted by Gasteiger charge is -2.18. The van der Waals surface area contributed by atoms with E-state index in [1.54, 1.807) is 0 Å². The monoisotopic (exact) mass is 230 g/mol. The van der Waals surface area contributed by atoms with Gasteiger partial charge in [0.2, 0.25) is 0 Å². The molecule has 16 heavy (non-hydrogen) atoms. The lowest BCUT2D eigenvalue weighted by molar-refractivity contribution is -0.141. The van der Waals surface area contributed by atoms with E-state index >= 15 is 0 Å². The van der Waals surface area contributed by atoms with E-state index in [0.717, 1.165) is 12.2 Å². The molecule has 0 aliphatic carbocycles. The molecule has 0 radical (unpaired) electrons. The minimum atomic E-state index is -0.595. The standard InChI is InChI=1S/C11H18O5/c1-11(2,3)16-8-7-15-10(13)6-5-9(12)14-4/h5-6H,7-8H2,1-4H3/b6-5+. The summed E-state index contributed by atoms with van der Waals surface area (Å²) in [6.07, 6.45) is 2.02. The third-order valence-corrected chi connectivity index (χ3v) is 1.42. The molecule has 0 unspecified atom stereocenters. The topological polar surface area (TPSA) is 61.8 Å². The van der Waals surface area contributed by atoms with E-state index in [1.807, 2.05) is 20.8 Å². The average Bonchev–Trinajstić information content (AvgIpc) is 2.19. The fourth-order valence-corrected chi connectivity index (χ4v) is 0.742. The van der Waals surface area contributed by atoms with Crippen LogP contribution in [0.1, 0.15) is 20.8 Å². The summed E-state index contributed by atoms with van der Waals surface area (Å²) in [4.78, 5) is 21.7. The highest BCUT2D eigenvalue weighted by atomic mass is 16.6. The van der Waals surface area contributed by atoms with Gasteiger partial charge in [-0.2, -0.15) is 0 Å². The Labute approximate surface area is 95.4 Å². The Morgan fingerprint density at radius 3 is 2.12 bits per heavy atom. The van der Waals surface area contributed by atoms with Crippen molar-refractivity contribution in [3.8, 4) is 0 Å². The number of hydrogen-bond acceptors (Lipinski definition) is 5. The maximum absolute atomic E-state index is 11.0. The smallest absolute Gasteiger partial charge is 0.331 e. The van der Waals surface area contributed by atoms with Crippen molar-refractivity contribution in [1.82, 2.24) is 0 Å². The second kappa shape index (κ2) is 7.00. The molecule has 5 heteroatoms. The molecule has 5 nitrogen and oxygen atoms in total. The number of methoxy groups -OCH3 is 1. The van der Waals surface area contributed by atoms with E-state index in [1.165, 1.54) is 7.11 Å². The van der Waals surface area contributed by atoms with Crippen LogP contribution < -0.4 is 0 Å². The highest BCUT2D eigenvalue weighted by Gasteiger charge is 2.09. The third-order valence-electron chi connectivity index (χ3n) is 1.42. The van der Waals surface area contributed by atoms with Crippen LogP contribution in [0.5, 0.6) is 0 Å². The minimum absolute atomic E-state index is 0.154. The summed E-state index contributed by atoms with van der Waals surface area (Å²) >= 11 is 0. The maximum Gasteiger partial charge on any atom is 0.331 e. The van der Waals surface area contributed by atoms with E-state index in [2.05, 4.69) is 4.74 Å². The van der Waals surface area contributed by atoms with Crippen LogP contribution in [-0.2, 0) is 23.8 Å². The Kier molecular flexibility index (Phi) is 6.41. The molecule has 0 aliphatic heterocycles. The fourth-order valence-electron chi connectivity index (χ4n) is 0.742. The van der Waals surface area contributed by atoms with Crippen molar-refractivity contribution in [2.75, 3.05) is 20.3 Å². The van der Waals surface area contributed by atoms with Gasteiger partial charge in [-0.05, 0) is 20.8 Å². The first kappa shape index (κ1) is 14.6. The zero-order valence-corrected chi connectivity index (χ0v) is 10.1. The predicted octanol–water partition coefficient (Wildman–Crippen LogP) is 1.07. The molecule has 0 rings (SSSR count). The normalized spacial score (nSPS) is 11.5. The number of carbonyl (C=O) groups is 2. The van der Waals surface area contributed by atoms with Gasteiger partial charge >= 0.3 is 11.9 Å². The molecule has 0 aromatic rings. The van der Waals surface area contributed by atoms with Gasteiger partial charge in [0, 0.05) is 12.2 Å². The van der Waals surface area contributed by atoms with Crippen LogP contribution in [0, 0.1) is 0 Å². The van der Waals surface area contributed by atoms with Gasteiger partial charge in [0.25, 0.3) is 0 Å². The molecule has 0 aliphatic rings. The first-order valence-corrected chi connectivity index (χ1v) is 4.92. The van der Waals surface area contributed by atoms with Crippen LogP contribution in [0.15, 0.2) is 12.2 Å². The summed E-state index contributed by atoms with van der Waals surface area (Å²) in [5.41, 5.74) is -0.256. The second-order valence-electron chi connectivity index (χ2n) is 3.98. The summed E-state index contributed by atoms with van der Waals surface area (Å²) in [7, 11) is 1.23. The maximum atomic E-state index is 11.0. The van der Waals surface area contributed by atoms with Crippen LogP contribution in [0.2, 0.25) is 0 Å². The van der Waals surface area contributed by atoms with Crippen molar-refractivity contribution < 1.29 is 23.8 Å². The average molecular weight is 230 g/mol. The van der Waals surface area contributed by atoms with Crippen LogP contribution in [0.4, 0.5) is 0 Å². The molecule has 92 valence electrons. The molecule has 0 amide bonds. The summed E-state index contributed by atoms with van der Waals surface area (Å²) < 4.78 is 14.4. The highest BCUT2D eigenvalue weighted by Crippen LogP contribution is 2.05. The Hall–Kier alpha value is -1.36. The van der Waals surface area contributed by atoms with Crippen molar-refractivity contribution in [2.24, 2.45) is 0 Å². The van der Waals surface area contributed by atoms with E-state index in [0.29, 0.717) is 6.61 Å². The second-order valence-corrected chi connectivity index (χ2v) is 3.98. The summed E-state index contributed by atoms with van der Waals surface area (Å²) in [6, 6.07) is 0. The summed E-state index contributed by atoms with van der Waals surface area (Å²) in [5.74, 6) is -1.19. The molecule has 0 atom stereocenters. The van der Waals surface area contributed by atoms with Crippen LogP contribution >= 0.6 is 0 Å². The van der Waals surface area contributed by atoms with Crippen molar-refractivity contribution in [3.63, 3.8) is 0 Å². The molecule has 0 aromatic carbocycles.